The average molecular weight is 564 g/mol. The zero-order valence-electron chi connectivity index (χ0n) is 21.6. The highest BCUT2D eigenvalue weighted by Crippen LogP contribution is 2.40. The maximum Gasteiger partial charge on any atom is 0.344 e. The molecule has 1 heterocycles. The lowest BCUT2D eigenvalue weighted by Crippen LogP contribution is -2.14. The summed E-state index contributed by atoms with van der Waals surface area (Å²) in [6.45, 7) is 4.14. The van der Waals surface area contributed by atoms with Gasteiger partial charge in [0.15, 0.2) is 11.5 Å². The number of aliphatic hydroxyl groups excluding tert-OH is 1. The van der Waals surface area contributed by atoms with E-state index in [1.54, 1.807) is 49.4 Å². The molecule has 4 rings (SSSR count). The van der Waals surface area contributed by atoms with Crippen LogP contribution in [0.5, 0.6) is 11.5 Å². The second-order valence-corrected chi connectivity index (χ2v) is 9.88. The van der Waals surface area contributed by atoms with Crippen molar-refractivity contribution >= 4 is 46.4 Å². The number of esters is 1. The Labute approximate surface area is 235 Å². The fourth-order valence-corrected chi connectivity index (χ4v) is 4.90. The first-order valence-electron chi connectivity index (χ1n) is 12.0. The summed E-state index contributed by atoms with van der Waals surface area (Å²) in [7, 11) is 1.54. The van der Waals surface area contributed by atoms with Crippen molar-refractivity contribution in [2.45, 2.75) is 20.5 Å². The number of hydrogen-bond acceptors (Lipinski definition) is 7. The summed E-state index contributed by atoms with van der Waals surface area (Å²) in [5.41, 5.74) is 2.86. The third-order valence-electron chi connectivity index (χ3n) is 5.68. The molecule has 1 aliphatic heterocycles. The van der Waals surface area contributed by atoms with E-state index in [9.17, 15) is 14.7 Å². The van der Waals surface area contributed by atoms with E-state index in [0.717, 1.165) is 17.3 Å². The van der Waals surface area contributed by atoms with Crippen LogP contribution in [0.4, 0.5) is 0 Å². The van der Waals surface area contributed by atoms with Gasteiger partial charge in [-0.25, -0.2) is 9.79 Å². The first-order chi connectivity index (χ1) is 18.8. The smallest absolute Gasteiger partial charge is 0.344 e. The van der Waals surface area contributed by atoms with Crippen molar-refractivity contribution in [2.75, 3.05) is 13.7 Å². The normalized spacial score (nSPS) is 15.1. The molecule has 0 unspecified atom stereocenters. The highest BCUT2D eigenvalue weighted by molar-refractivity contribution is 8.18. The number of hydrogen-bond donors (Lipinski definition) is 1. The summed E-state index contributed by atoms with van der Waals surface area (Å²) in [6, 6.07) is 19.8. The Morgan fingerprint density at radius 1 is 1.05 bits per heavy atom. The highest BCUT2D eigenvalue weighted by Gasteiger charge is 2.34. The Morgan fingerprint density at radius 3 is 2.49 bits per heavy atom. The number of aryl methyl sites for hydroxylation is 1. The molecule has 3 aromatic rings. The topological polar surface area (TPSA) is 94.4 Å². The number of carbonyl (C=O) groups is 2. The summed E-state index contributed by atoms with van der Waals surface area (Å²) >= 11 is 7.12. The molecule has 1 amide bonds. The number of methoxy groups -OCH3 is 1. The predicted molar refractivity (Wildman–Crippen MR) is 154 cm³/mol. The molecule has 7 nitrogen and oxygen atoms in total. The van der Waals surface area contributed by atoms with Crippen molar-refractivity contribution in [3.63, 3.8) is 0 Å². The molecule has 3 aromatic carbocycles. The van der Waals surface area contributed by atoms with Gasteiger partial charge in [0, 0.05) is 0 Å². The molecule has 0 saturated carbocycles. The van der Waals surface area contributed by atoms with Crippen LogP contribution in [0.15, 0.2) is 88.0 Å². The van der Waals surface area contributed by atoms with E-state index >= 15 is 0 Å². The molecule has 39 heavy (non-hydrogen) atoms. The van der Waals surface area contributed by atoms with Crippen LogP contribution in [0.25, 0.3) is 6.08 Å². The lowest BCUT2D eigenvalue weighted by atomic mass is 10.1. The van der Waals surface area contributed by atoms with Crippen LogP contribution >= 0.6 is 23.4 Å². The molecular formula is C30H26ClNO6S. The van der Waals surface area contributed by atoms with E-state index in [4.69, 9.17) is 25.8 Å². The second-order valence-electron chi connectivity index (χ2n) is 8.44. The molecule has 9 heteroatoms. The van der Waals surface area contributed by atoms with Gasteiger partial charge in [0.1, 0.15) is 23.0 Å². The lowest BCUT2D eigenvalue weighted by Gasteiger charge is -2.12. The van der Waals surface area contributed by atoms with Gasteiger partial charge in [-0.3, -0.25) is 4.79 Å². The number of halogens is 1. The van der Waals surface area contributed by atoms with Gasteiger partial charge >= 0.3 is 5.97 Å². The Balaban J connectivity index is 1.62. The maximum absolute atomic E-state index is 12.8. The van der Waals surface area contributed by atoms with Crippen LogP contribution in [0.3, 0.4) is 0 Å². The van der Waals surface area contributed by atoms with Crippen molar-refractivity contribution in [1.82, 2.24) is 0 Å². The van der Waals surface area contributed by atoms with Gasteiger partial charge in [-0.15, -0.1) is 0 Å². The van der Waals surface area contributed by atoms with Gasteiger partial charge in [0.25, 0.3) is 5.91 Å². The minimum absolute atomic E-state index is 0.0205. The number of thioether (sulfide) groups is 1. The SMILES string of the molecule is CCOC(=O)C1=C(O)/C(=C/c2ccc(OCc3ccc(C)cc3)c(OC)c2)SC1=NC(=O)c1ccccc1Cl. The first-order valence-corrected chi connectivity index (χ1v) is 13.2. The van der Waals surface area contributed by atoms with E-state index in [-0.39, 0.29) is 33.6 Å². The van der Waals surface area contributed by atoms with E-state index in [2.05, 4.69) is 4.99 Å². The van der Waals surface area contributed by atoms with Crippen LogP contribution in [0, 0.1) is 6.92 Å². The van der Waals surface area contributed by atoms with Gasteiger partial charge in [0.05, 0.1) is 29.2 Å². The van der Waals surface area contributed by atoms with Crippen molar-refractivity contribution in [1.29, 1.82) is 0 Å². The van der Waals surface area contributed by atoms with Crippen LogP contribution < -0.4 is 9.47 Å². The minimum Gasteiger partial charge on any atom is -0.506 e. The van der Waals surface area contributed by atoms with E-state index in [0.29, 0.717) is 28.6 Å². The Hall–Kier alpha value is -4.01. The van der Waals surface area contributed by atoms with Crippen molar-refractivity contribution in [3.05, 3.63) is 110 Å². The molecule has 1 N–H and O–H groups in total. The molecule has 0 aliphatic carbocycles. The number of amides is 1. The molecule has 0 bridgehead atoms. The minimum atomic E-state index is -0.783. The molecule has 0 saturated heterocycles. The van der Waals surface area contributed by atoms with Crippen LogP contribution in [0.1, 0.15) is 34.0 Å². The zero-order valence-corrected chi connectivity index (χ0v) is 23.1. The fourth-order valence-electron chi connectivity index (χ4n) is 3.67. The van der Waals surface area contributed by atoms with E-state index in [1.165, 1.54) is 18.7 Å². The number of aliphatic hydroxyl groups is 1. The third-order valence-corrected chi connectivity index (χ3v) is 7.03. The van der Waals surface area contributed by atoms with Crippen molar-refractivity contribution in [2.24, 2.45) is 4.99 Å². The van der Waals surface area contributed by atoms with Crippen molar-refractivity contribution < 1.29 is 28.9 Å². The third kappa shape index (κ3) is 6.71. The number of carbonyl (C=O) groups excluding carboxylic acids is 2. The number of ether oxygens (including phenoxy) is 3. The van der Waals surface area contributed by atoms with Gasteiger partial charge in [0.2, 0.25) is 0 Å². The molecule has 200 valence electrons. The molecule has 0 aromatic heterocycles. The Kier molecular flexibility index (Phi) is 9.11. The molecular weight excluding hydrogens is 538 g/mol. The average Bonchev–Trinajstić information content (AvgIpc) is 3.22. The summed E-state index contributed by atoms with van der Waals surface area (Å²) in [5.74, 6) is -0.706. The fraction of sp³-hybridized carbons (Fsp3) is 0.167. The largest absolute Gasteiger partial charge is 0.506 e. The Morgan fingerprint density at radius 2 is 1.79 bits per heavy atom. The predicted octanol–water partition coefficient (Wildman–Crippen LogP) is 6.94. The van der Waals surface area contributed by atoms with Gasteiger partial charge in [-0.1, -0.05) is 71.4 Å². The second kappa shape index (κ2) is 12.7. The monoisotopic (exact) mass is 563 g/mol. The maximum atomic E-state index is 12.8. The van der Waals surface area contributed by atoms with E-state index < -0.39 is 11.9 Å². The van der Waals surface area contributed by atoms with Gasteiger partial charge in [-0.05, 0) is 55.3 Å². The summed E-state index contributed by atoms with van der Waals surface area (Å²) in [6.07, 6.45) is 1.66. The summed E-state index contributed by atoms with van der Waals surface area (Å²) < 4.78 is 16.6. The molecule has 1 aliphatic rings. The number of rotatable bonds is 8. The Bertz CT molecular complexity index is 1490. The number of nitrogens with zero attached hydrogens (tertiary/aromatic N) is 1. The molecule has 0 fully saturated rings. The number of benzene rings is 3. The van der Waals surface area contributed by atoms with Crippen LogP contribution in [-0.2, 0) is 16.1 Å². The summed E-state index contributed by atoms with van der Waals surface area (Å²) in [4.78, 5) is 29.9. The van der Waals surface area contributed by atoms with Gasteiger partial charge in [-0.2, -0.15) is 0 Å². The van der Waals surface area contributed by atoms with Crippen LogP contribution in [0.2, 0.25) is 5.02 Å². The van der Waals surface area contributed by atoms with Crippen LogP contribution in [-0.4, -0.2) is 35.7 Å². The van der Waals surface area contributed by atoms with Crippen molar-refractivity contribution in [3.8, 4) is 11.5 Å². The highest BCUT2D eigenvalue weighted by atomic mass is 35.5. The summed E-state index contributed by atoms with van der Waals surface area (Å²) in [5, 5.41) is 11.2. The lowest BCUT2D eigenvalue weighted by molar-refractivity contribution is -0.138. The molecule has 0 atom stereocenters. The molecule has 0 spiro atoms. The standard InChI is InChI=1S/C30H26ClNO6S/c1-4-37-30(35)26-27(33)25(39-29(26)32-28(34)21-7-5-6-8-22(21)31)16-20-13-14-23(24(15-20)36-3)38-17-19-11-9-18(2)10-12-19/h5-16,33H,4,17H2,1-3H3/b25-16-,32-29?. The quantitative estimate of drug-likeness (QED) is 0.297. The zero-order chi connectivity index (χ0) is 27.9. The van der Waals surface area contributed by atoms with Gasteiger partial charge < -0.3 is 19.3 Å². The first kappa shape index (κ1) is 28.0. The number of aliphatic imine (C=N–C) groups is 1. The molecule has 0 radical (unpaired) electrons. The van der Waals surface area contributed by atoms with E-state index in [1.807, 2.05) is 31.2 Å².